The summed E-state index contributed by atoms with van der Waals surface area (Å²) in [6.07, 6.45) is 0. The number of benzene rings is 2. The van der Waals surface area contributed by atoms with E-state index in [-0.39, 0.29) is 0 Å². The molecule has 0 aliphatic heterocycles. The van der Waals surface area contributed by atoms with E-state index in [4.69, 9.17) is 9.47 Å². The number of hydrogen-bond donors (Lipinski definition) is 2. The molecule has 2 rings (SSSR count). The van der Waals surface area contributed by atoms with Gasteiger partial charge in [0.2, 0.25) is 11.8 Å². The van der Waals surface area contributed by atoms with E-state index in [0.29, 0.717) is 22.9 Å². The molecule has 0 fully saturated rings. The van der Waals surface area contributed by atoms with Gasteiger partial charge in [-0.2, -0.15) is 0 Å². The zero-order valence-corrected chi connectivity index (χ0v) is 14.8. The molecule has 0 unspecified atom stereocenters. The number of amides is 2. The predicted molar refractivity (Wildman–Crippen MR) is 97.0 cm³/mol. The van der Waals surface area contributed by atoms with Crippen molar-refractivity contribution in [2.75, 3.05) is 24.9 Å². The molecule has 2 aromatic rings. The third kappa shape index (κ3) is 4.50. The highest BCUT2D eigenvalue weighted by Gasteiger charge is 2.36. The van der Waals surface area contributed by atoms with Crippen molar-refractivity contribution in [3.05, 3.63) is 48.5 Å². The van der Waals surface area contributed by atoms with Gasteiger partial charge in [-0.15, -0.1) is 0 Å². The smallest absolute Gasteiger partial charge is 0.239 e. The van der Waals surface area contributed by atoms with E-state index in [1.54, 1.807) is 76.6 Å². The van der Waals surface area contributed by atoms with Gasteiger partial charge in [0.15, 0.2) is 0 Å². The fourth-order valence-electron chi connectivity index (χ4n) is 2.08. The topological polar surface area (TPSA) is 76.7 Å². The van der Waals surface area contributed by atoms with Crippen molar-refractivity contribution in [1.29, 1.82) is 0 Å². The maximum Gasteiger partial charge on any atom is 0.239 e. The van der Waals surface area contributed by atoms with E-state index in [2.05, 4.69) is 10.6 Å². The molecule has 0 saturated carbocycles. The fraction of sp³-hybridized carbons (Fsp3) is 0.263. The molecule has 0 bridgehead atoms. The molecule has 2 N–H and O–H groups in total. The molecule has 2 aromatic carbocycles. The number of methoxy groups -OCH3 is 2. The monoisotopic (exact) mass is 342 g/mol. The van der Waals surface area contributed by atoms with Crippen LogP contribution < -0.4 is 20.1 Å². The van der Waals surface area contributed by atoms with Crippen molar-refractivity contribution in [2.45, 2.75) is 13.8 Å². The predicted octanol–water partition coefficient (Wildman–Crippen LogP) is 3.31. The second kappa shape index (κ2) is 7.70. The molecule has 6 nitrogen and oxygen atoms in total. The lowest BCUT2D eigenvalue weighted by atomic mass is 9.90. The van der Waals surface area contributed by atoms with Crippen LogP contribution >= 0.6 is 0 Å². The average Bonchev–Trinajstić information content (AvgIpc) is 2.61. The molecule has 0 aromatic heterocycles. The largest absolute Gasteiger partial charge is 0.497 e. The van der Waals surface area contributed by atoms with Gasteiger partial charge in [0.1, 0.15) is 16.9 Å². The first-order valence-corrected chi connectivity index (χ1v) is 7.78. The van der Waals surface area contributed by atoms with Gasteiger partial charge in [-0.05, 0) is 38.1 Å². The summed E-state index contributed by atoms with van der Waals surface area (Å²) in [4.78, 5) is 25.1. The Labute approximate surface area is 147 Å². The molecule has 25 heavy (non-hydrogen) atoms. The zero-order chi connectivity index (χ0) is 18.4. The summed E-state index contributed by atoms with van der Waals surface area (Å²) in [5.74, 6) is 0.412. The Bertz CT molecular complexity index is 708. The van der Waals surface area contributed by atoms with Gasteiger partial charge in [-0.1, -0.05) is 12.1 Å². The second-order valence-corrected chi connectivity index (χ2v) is 6.00. The van der Waals surface area contributed by atoms with Gasteiger partial charge >= 0.3 is 0 Å². The van der Waals surface area contributed by atoms with E-state index in [0.717, 1.165) is 0 Å². The van der Waals surface area contributed by atoms with Gasteiger partial charge in [-0.3, -0.25) is 9.59 Å². The second-order valence-electron chi connectivity index (χ2n) is 6.00. The van der Waals surface area contributed by atoms with Crippen molar-refractivity contribution >= 4 is 23.2 Å². The number of rotatable bonds is 6. The molecule has 0 saturated heterocycles. The minimum absolute atomic E-state index is 0.416. The number of carbonyl (C=O) groups excluding carboxylic acids is 2. The maximum absolute atomic E-state index is 12.6. The van der Waals surface area contributed by atoms with E-state index in [1.165, 1.54) is 0 Å². The summed E-state index contributed by atoms with van der Waals surface area (Å²) in [5, 5.41) is 5.48. The molecule has 0 radical (unpaired) electrons. The standard InChI is InChI=1S/C19H22N2O4/c1-19(2,17(22)20-13-7-5-9-15(11-13)24-3)18(23)21-14-8-6-10-16(12-14)25-4/h5-12H,1-4H3,(H,20,22)(H,21,23). The minimum Gasteiger partial charge on any atom is -0.497 e. The highest BCUT2D eigenvalue weighted by molar-refractivity contribution is 6.14. The molecule has 0 aliphatic rings. The molecule has 6 heteroatoms. The van der Waals surface area contributed by atoms with Crippen LogP contribution in [-0.2, 0) is 9.59 Å². The number of hydrogen-bond acceptors (Lipinski definition) is 4. The summed E-state index contributed by atoms with van der Waals surface area (Å²) in [5.41, 5.74) is -0.148. The number of carbonyl (C=O) groups is 2. The van der Waals surface area contributed by atoms with E-state index >= 15 is 0 Å². The van der Waals surface area contributed by atoms with Crippen LogP contribution in [0.2, 0.25) is 0 Å². The van der Waals surface area contributed by atoms with Gasteiger partial charge < -0.3 is 20.1 Å². The van der Waals surface area contributed by atoms with Crippen LogP contribution in [0.3, 0.4) is 0 Å². The Morgan fingerprint density at radius 1 is 0.800 bits per heavy atom. The van der Waals surface area contributed by atoms with Crippen LogP contribution in [-0.4, -0.2) is 26.0 Å². The molecule has 2 amide bonds. The molecule has 0 heterocycles. The lowest BCUT2D eigenvalue weighted by molar-refractivity contribution is -0.135. The Morgan fingerprint density at radius 2 is 1.20 bits per heavy atom. The van der Waals surface area contributed by atoms with Gasteiger partial charge in [-0.25, -0.2) is 0 Å². The fourth-order valence-corrected chi connectivity index (χ4v) is 2.08. The third-order valence-electron chi connectivity index (χ3n) is 3.79. The van der Waals surface area contributed by atoms with Crippen LogP contribution in [0, 0.1) is 5.41 Å². The third-order valence-corrected chi connectivity index (χ3v) is 3.79. The van der Waals surface area contributed by atoms with Crippen LogP contribution in [0.4, 0.5) is 11.4 Å². The first-order chi connectivity index (χ1) is 11.9. The molecule has 0 aliphatic carbocycles. The molecule has 0 spiro atoms. The normalized spacial score (nSPS) is 10.7. The van der Waals surface area contributed by atoms with Gasteiger partial charge in [0.25, 0.3) is 0 Å². The van der Waals surface area contributed by atoms with Crippen LogP contribution in [0.25, 0.3) is 0 Å². The van der Waals surface area contributed by atoms with Crippen molar-refractivity contribution in [3.63, 3.8) is 0 Å². The Kier molecular flexibility index (Phi) is 5.64. The van der Waals surface area contributed by atoms with E-state index in [1.807, 2.05) is 0 Å². The van der Waals surface area contributed by atoms with Crippen LogP contribution in [0.1, 0.15) is 13.8 Å². The molecule has 132 valence electrons. The van der Waals surface area contributed by atoms with Crippen LogP contribution in [0.15, 0.2) is 48.5 Å². The molecular weight excluding hydrogens is 320 g/mol. The highest BCUT2D eigenvalue weighted by atomic mass is 16.5. The first-order valence-electron chi connectivity index (χ1n) is 7.78. The first kappa shape index (κ1) is 18.3. The summed E-state index contributed by atoms with van der Waals surface area (Å²) >= 11 is 0. The summed E-state index contributed by atoms with van der Waals surface area (Å²) in [6.45, 7) is 3.13. The lowest BCUT2D eigenvalue weighted by Crippen LogP contribution is -2.41. The zero-order valence-electron chi connectivity index (χ0n) is 14.8. The maximum atomic E-state index is 12.6. The summed E-state index contributed by atoms with van der Waals surface area (Å²) in [6, 6.07) is 13.9. The summed E-state index contributed by atoms with van der Waals surface area (Å²) < 4.78 is 10.3. The van der Waals surface area contributed by atoms with Gasteiger partial charge in [0.05, 0.1) is 14.2 Å². The van der Waals surface area contributed by atoms with Gasteiger partial charge in [0, 0.05) is 23.5 Å². The average molecular weight is 342 g/mol. The molecular formula is C19H22N2O4. The number of ether oxygens (including phenoxy) is 2. The Balaban J connectivity index is 2.09. The van der Waals surface area contributed by atoms with Crippen molar-refractivity contribution < 1.29 is 19.1 Å². The number of anilines is 2. The highest BCUT2D eigenvalue weighted by Crippen LogP contribution is 2.24. The van der Waals surface area contributed by atoms with Crippen molar-refractivity contribution in [2.24, 2.45) is 5.41 Å². The Hall–Kier alpha value is -3.02. The Morgan fingerprint density at radius 3 is 1.56 bits per heavy atom. The van der Waals surface area contributed by atoms with Crippen LogP contribution in [0.5, 0.6) is 11.5 Å². The SMILES string of the molecule is COc1cccc(NC(=O)C(C)(C)C(=O)Nc2cccc(OC)c2)c1. The lowest BCUT2D eigenvalue weighted by Gasteiger charge is -2.23. The molecule has 0 atom stereocenters. The van der Waals surface area contributed by atoms with Crippen molar-refractivity contribution in [3.8, 4) is 11.5 Å². The number of nitrogens with one attached hydrogen (secondary N) is 2. The quantitative estimate of drug-likeness (QED) is 0.790. The summed E-state index contributed by atoms with van der Waals surface area (Å²) in [7, 11) is 3.10. The van der Waals surface area contributed by atoms with Crippen molar-refractivity contribution in [1.82, 2.24) is 0 Å². The van der Waals surface area contributed by atoms with E-state index in [9.17, 15) is 9.59 Å². The minimum atomic E-state index is -1.27. The van der Waals surface area contributed by atoms with E-state index < -0.39 is 17.2 Å².